The van der Waals surface area contributed by atoms with Crippen LogP contribution < -0.4 is 0 Å². The van der Waals surface area contributed by atoms with Gasteiger partial charge in [-0.25, -0.2) is 4.57 Å². The van der Waals surface area contributed by atoms with E-state index >= 15 is 0 Å². The number of aliphatic hydroxyl groups is 1. The molecular weight excluding hydrogens is 880 g/mol. The number of carbonyl (C=O) groups is 3. The van der Waals surface area contributed by atoms with Crippen molar-refractivity contribution >= 4 is 25.7 Å². The standard InChI is InChI=1S/C56H97O11P/c1-4-7-10-13-16-19-22-24-25-26-27-29-31-33-36-39-42-45-54(58)63-49-53(67-56(60)47-44-41-38-35-32-28-23-20-17-14-11-8-5-2)51-65-68(61,62)64-50-52(48-57)66-55(59)46-43-40-37-34-30-21-18-15-12-9-6-3/h7,10,16,19-20,23-25,27,29,33,36,52-53,57H,4-6,8-9,11-15,17-18,21-22,26,28,30-32,34-35,37-51H2,1-3H3,(H,61,62)/b10-7-,19-16-,23-20-,25-24-,29-27-,36-33-. The van der Waals surface area contributed by atoms with E-state index in [1.165, 1.54) is 70.6 Å². The summed E-state index contributed by atoms with van der Waals surface area (Å²) in [5, 5.41) is 9.77. The summed E-state index contributed by atoms with van der Waals surface area (Å²) in [5.41, 5.74) is 0. The molecule has 0 aliphatic heterocycles. The van der Waals surface area contributed by atoms with Crippen LogP contribution in [-0.2, 0) is 42.2 Å². The lowest BCUT2D eigenvalue weighted by Gasteiger charge is -2.21. The van der Waals surface area contributed by atoms with Gasteiger partial charge in [0.1, 0.15) is 12.7 Å². The lowest BCUT2D eigenvalue weighted by atomic mass is 10.1. The van der Waals surface area contributed by atoms with Crippen molar-refractivity contribution in [2.45, 2.75) is 238 Å². The van der Waals surface area contributed by atoms with Crippen LogP contribution in [0.5, 0.6) is 0 Å². The van der Waals surface area contributed by atoms with Crippen molar-refractivity contribution in [1.29, 1.82) is 0 Å². The molecule has 0 heterocycles. The lowest BCUT2D eigenvalue weighted by Crippen LogP contribution is -2.30. The van der Waals surface area contributed by atoms with Crippen molar-refractivity contribution in [3.63, 3.8) is 0 Å². The summed E-state index contributed by atoms with van der Waals surface area (Å²) in [6.07, 6.45) is 54.5. The summed E-state index contributed by atoms with van der Waals surface area (Å²) in [4.78, 5) is 48.3. The molecule has 3 unspecified atom stereocenters. The van der Waals surface area contributed by atoms with Crippen molar-refractivity contribution in [3.05, 3.63) is 72.9 Å². The van der Waals surface area contributed by atoms with E-state index in [0.29, 0.717) is 25.7 Å². The minimum absolute atomic E-state index is 0.144. The average molecular weight is 977 g/mol. The maximum absolute atomic E-state index is 12.8. The molecule has 11 nitrogen and oxygen atoms in total. The Morgan fingerprint density at radius 3 is 1.25 bits per heavy atom. The summed E-state index contributed by atoms with van der Waals surface area (Å²) in [6.45, 7) is 4.42. The van der Waals surface area contributed by atoms with Crippen LogP contribution >= 0.6 is 7.82 Å². The highest BCUT2D eigenvalue weighted by Gasteiger charge is 2.28. The van der Waals surface area contributed by atoms with Crippen LogP contribution in [0.15, 0.2) is 72.9 Å². The number of phosphoric ester groups is 1. The molecule has 12 heteroatoms. The van der Waals surface area contributed by atoms with Gasteiger partial charge < -0.3 is 24.2 Å². The molecule has 68 heavy (non-hydrogen) atoms. The number of aliphatic hydroxyl groups excluding tert-OH is 1. The molecule has 0 saturated heterocycles. The first kappa shape index (κ1) is 64.9. The molecule has 0 saturated carbocycles. The van der Waals surface area contributed by atoms with Crippen LogP contribution in [0.25, 0.3) is 0 Å². The first-order valence-corrected chi connectivity index (χ1v) is 28.3. The summed E-state index contributed by atoms with van der Waals surface area (Å²) in [5.74, 6) is -1.55. The first-order valence-electron chi connectivity index (χ1n) is 26.8. The number of rotatable bonds is 49. The minimum atomic E-state index is -4.75. The van der Waals surface area contributed by atoms with E-state index in [2.05, 4.69) is 87.6 Å². The van der Waals surface area contributed by atoms with Gasteiger partial charge in [-0.05, 0) is 83.5 Å². The van der Waals surface area contributed by atoms with E-state index in [1.807, 2.05) is 6.08 Å². The van der Waals surface area contributed by atoms with Crippen LogP contribution in [0.4, 0.5) is 0 Å². The molecule has 0 aliphatic rings. The third-order valence-electron chi connectivity index (χ3n) is 11.1. The van der Waals surface area contributed by atoms with Gasteiger partial charge in [0.15, 0.2) is 6.10 Å². The molecule has 0 bridgehead atoms. The normalized spacial score (nSPS) is 14.0. The predicted octanol–water partition coefficient (Wildman–Crippen LogP) is 15.4. The fraction of sp³-hybridized carbons (Fsp3) is 0.732. The summed E-state index contributed by atoms with van der Waals surface area (Å²) < 4.78 is 39.3. The number of hydrogen-bond donors (Lipinski definition) is 2. The Morgan fingerprint density at radius 1 is 0.426 bits per heavy atom. The number of allylic oxidation sites excluding steroid dienone is 12. The maximum Gasteiger partial charge on any atom is 0.472 e. The van der Waals surface area contributed by atoms with Gasteiger partial charge in [0.25, 0.3) is 0 Å². The van der Waals surface area contributed by atoms with Crippen LogP contribution in [0.1, 0.15) is 226 Å². The second-order valence-electron chi connectivity index (χ2n) is 17.7. The molecule has 3 atom stereocenters. The fourth-order valence-electron chi connectivity index (χ4n) is 7.03. The number of unbranched alkanes of at least 4 members (excludes halogenated alkanes) is 20. The smallest absolute Gasteiger partial charge is 0.462 e. The van der Waals surface area contributed by atoms with E-state index in [-0.39, 0.29) is 25.9 Å². The van der Waals surface area contributed by atoms with Crippen LogP contribution in [0, 0.1) is 0 Å². The Bertz CT molecular complexity index is 1420. The number of hydrogen-bond acceptors (Lipinski definition) is 10. The summed E-state index contributed by atoms with van der Waals surface area (Å²) in [6, 6.07) is 0. The SMILES string of the molecule is CC/C=C\C/C=C\C/C=C\C/C=C\C/C=C\CCCC(=O)OCC(COP(=O)(O)OCC(CO)OC(=O)CCCCCCCCCCCCC)OC(=O)CCCCCCC/C=C\CCCCCC. The third kappa shape index (κ3) is 48.0. The summed E-state index contributed by atoms with van der Waals surface area (Å²) >= 11 is 0. The quantitative estimate of drug-likeness (QED) is 0.0197. The number of carbonyl (C=O) groups excluding carboxylic acids is 3. The van der Waals surface area contributed by atoms with Gasteiger partial charge in [0.05, 0.1) is 19.8 Å². The number of phosphoric acid groups is 1. The third-order valence-corrected chi connectivity index (χ3v) is 12.1. The molecule has 2 N–H and O–H groups in total. The van der Waals surface area contributed by atoms with E-state index in [4.69, 9.17) is 23.3 Å². The van der Waals surface area contributed by atoms with Gasteiger partial charge in [-0.15, -0.1) is 0 Å². The number of esters is 3. The highest BCUT2D eigenvalue weighted by molar-refractivity contribution is 7.47. The van der Waals surface area contributed by atoms with Crippen molar-refractivity contribution in [3.8, 4) is 0 Å². The van der Waals surface area contributed by atoms with Crippen LogP contribution in [0.2, 0.25) is 0 Å². The van der Waals surface area contributed by atoms with Gasteiger partial charge in [-0.2, -0.15) is 0 Å². The van der Waals surface area contributed by atoms with Crippen molar-refractivity contribution in [2.75, 3.05) is 26.4 Å². The zero-order chi connectivity index (χ0) is 49.9. The zero-order valence-corrected chi connectivity index (χ0v) is 43.9. The molecule has 0 radical (unpaired) electrons. The van der Waals surface area contributed by atoms with Gasteiger partial charge >= 0.3 is 25.7 Å². The monoisotopic (exact) mass is 977 g/mol. The maximum atomic E-state index is 12.8. The molecular formula is C56H97O11P. The average Bonchev–Trinajstić information content (AvgIpc) is 3.32. The lowest BCUT2D eigenvalue weighted by molar-refractivity contribution is -0.161. The fourth-order valence-corrected chi connectivity index (χ4v) is 7.82. The van der Waals surface area contributed by atoms with E-state index in [0.717, 1.165) is 89.9 Å². The van der Waals surface area contributed by atoms with Gasteiger partial charge in [-0.1, -0.05) is 196 Å². The Kier molecular flexibility index (Phi) is 48.0. The van der Waals surface area contributed by atoms with Gasteiger partial charge in [0.2, 0.25) is 0 Å². The second-order valence-corrected chi connectivity index (χ2v) is 19.1. The Labute approximate surface area is 414 Å². The van der Waals surface area contributed by atoms with Crippen molar-refractivity contribution in [2.24, 2.45) is 0 Å². The second kappa shape index (κ2) is 50.3. The molecule has 392 valence electrons. The molecule has 0 spiro atoms. The Morgan fingerprint density at radius 2 is 0.779 bits per heavy atom. The molecule has 0 fully saturated rings. The topological polar surface area (TPSA) is 155 Å². The Hall–Kier alpha value is -3.08. The van der Waals surface area contributed by atoms with E-state index in [1.54, 1.807) is 0 Å². The zero-order valence-electron chi connectivity index (χ0n) is 43.1. The van der Waals surface area contributed by atoms with Crippen molar-refractivity contribution < 1.29 is 52.2 Å². The number of ether oxygens (including phenoxy) is 3. The largest absolute Gasteiger partial charge is 0.472 e. The molecule has 0 aliphatic carbocycles. The molecule has 0 aromatic rings. The molecule has 0 aromatic heterocycles. The van der Waals surface area contributed by atoms with E-state index in [9.17, 15) is 28.9 Å². The van der Waals surface area contributed by atoms with Crippen LogP contribution in [0.3, 0.4) is 0 Å². The highest BCUT2D eigenvalue weighted by Crippen LogP contribution is 2.43. The predicted molar refractivity (Wildman–Crippen MR) is 279 cm³/mol. The molecule has 0 rings (SSSR count). The minimum Gasteiger partial charge on any atom is -0.462 e. The Balaban J connectivity index is 4.83. The summed E-state index contributed by atoms with van der Waals surface area (Å²) in [7, 11) is -4.75. The van der Waals surface area contributed by atoms with Gasteiger partial charge in [-0.3, -0.25) is 23.4 Å². The van der Waals surface area contributed by atoms with Crippen molar-refractivity contribution in [1.82, 2.24) is 0 Å². The molecule has 0 aromatic carbocycles. The highest BCUT2D eigenvalue weighted by atomic mass is 31.2. The first-order chi connectivity index (χ1) is 33.2. The van der Waals surface area contributed by atoms with E-state index < -0.39 is 57.8 Å². The van der Waals surface area contributed by atoms with Gasteiger partial charge in [0, 0.05) is 19.3 Å². The molecule has 0 amide bonds. The van der Waals surface area contributed by atoms with Crippen LogP contribution in [-0.4, -0.2) is 66.5 Å².